The van der Waals surface area contributed by atoms with Crippen LogP contribution in [0.2, 0.25) is 0 Å². The number of aliphatic hydroxyl groups is 1. The molecule has 1 unspecified atom stereocenters. The molecule has 0 amide bonds. The SMILES string of the molecule is COc1cccc2c1C(C(C)(C)O)CS2. The van der Waals surface area contributed by atoms with Gasteiger partial charge in [0.2, 0.25) is 0 Å². The van der Waals surface area contributed by atoms with E-state index in [1.54, 1.807) is 18.9 Å². The molecule has 1 N–H and O–H groups in total. The fourth-order valence-corrected chi connectivity index (χ4v) is 3.48. The zero-order chi connectivity index (χ0) is 11.1. The molecular weight excluding hydrogens is 208 g/mol. The van der Waals surface area contributed by atoms with Gasteiger partial charge in [-0.15, -0.1) is 11.8 Å². The van der Waals surface area contributed by atoms with Crippen LogP contribution in [-0.4, -0.2) is 23.6 Å². The summed E-state index contributed by atoms with van der Waals surface area (Å²) in [6.07, 6.45) is 0. The summed E-state index contributed by atoms with van der Waals surface area (Å²) >= 11 is 1.79. The standard InChI is InChI=1S/C12H16O2S/c1-12(2,13)8-7-15-10-6-4-5-9(14-3)11(8)10/h4-6,8,13H,7H2,1-3H3. The van der Waals surface area contributed by atoms with Gasteiger partial charge in [0.25, 0.3) is 0 Å². The van der Waals surface area contributed by atoms with Crippen molar-refractivity contribution in [2.45, 2.75) is 30.3 Å². The summed E-state index contributed by atoms with van der Waals surface area (Å²) in [5.41, 5.74) is 0.477. The van der Waals surface area contributed by atoms with E-state index in [2.05, 4.69) is 6.07 Å². The number of hydrogen-bond acceptors (Lipinski definition) is 3. The summed E-state index contributed by atoms with van der Waals surface area (Å²) in [4.78, 5) is 1.24. The summed E-state index contributed by atoms with van der Waals surface area (Å²) < 4.78 is 5.36. The molecule has 0 radical (unpaired) electrons. The average Bonchev–Trinajstić information content (AvgIpc) is 2.59. The monoisotopic (exact) mass is 224 g/mol. The maximum absolute atomic E-state index is 10.1. The Bertz CT molecular complexity index is 368. The van der Waals surface area contributed by atoms with Crippen molar-refractivity contribution in [1.29, 1.82) is 0 Å². The molecule has 2 rings (SSSR count). The van der Waals surface area contributed by atoms with E-state index < -0.39 is 5.60 Å². The van der Waals surface area contributed by atoms with E-state index in [1.807, 2.05) is 26.0 Å². The molecule has 1 atom stereocenters. The van der Waals surface area contributed by atoms with Crippen molar-refractivity contribution < 1.29 is 9.84 Å². The molecule has 15 heavy (non-hydrogen) atoms. The number of benzene rings is 1. The molecule has 0 bridgehead atoms. The average molecular weight is 224 g/mol. The molecule has 1 aromatic rings. The fraction of sp³-hybridized carbons (Fsp3) is 0.500. The summed E-state index contributed by atoms with van der Waals surface area (Å²) in [5, 5.41) is 10.1. The lowest BCUT2D eigenvalue weighted by Gasteiger charge is -2.26. The molecule has 0 aliphatic carbocycles. The Morgan fingerprint density at radius 1 is 1.47 bits per heavy atom. The number of fused-ring (bicyclic) bond motifs is 1. The van der Waals surface area contributed by atoms with Crippen molar-refractivity contribution in [2.75, 3.05) is 12.9 Å². The third-order valence-electron chi connectivity index (χ3n) is 2.85. The van der Waals surface area contributed by atoms with E-state index >= 15 is 0 Å². The zero-order valence-electron chi connectivity index (χ0n) is 9.28. The van der Waals surface area contributed by atoms with Gasteiger partial charge >= 0.3 is 0 Å². The first-order chi connectivity index (χ1) is 7.04. The zero-order valence-corrected chi connectivity index (χ0v) is 10.1. The van der Waals surface area contributed by atoms with Gasteiger partial charge in [0, 0.05) is 22.1 Å². The molecule has 2 nitrogen and oxygen atoms in total. The maximum atomic E-state index is 10.1. The van der Waals surface area contributed by atoms with Crippen molar-refractivity contribution in [3.8, 4) is 5.75 Å². The molecule has 0 saturated heterocycles. The molecule has 3 heteroatoms. The normalized spacial score (nSPS) is 20.1. The quantitative estimate of drug-likeness (QED) is 0.837. The van der Waals surface area contributed by atoms with Crippen molar-refractivity contribution in [1.82, 2.24) is 0 Å². The van der Waals surface area contributed by atoms with E-state index in [1.165, 1.54) is 4.90 Å². The second kappa shape index (κ2) is 3.72. The molecule has 0 fully saturated rings. The highest BCUT2D eigenvalue weighted by molar-refractivity contribution is 7.99. The summed E-state index contributed by atoms with van der Waals surface area (Å²) in [5.74, 6) is 1.98. The van der Waals surface area contributed by atoms with Crippen LogP contribution in [0, 0.1) is 0 Å². The Morgan fingerprint density at radius 2 is 2.20 bits per heavy atom. The van der Waals surface area contributed by atoms with Crippen LogP contribution in [0.4, 0.5) is 0 Å². The smallest absolute Gasteiger partial charge is 0.123 e. The molecule has 1 aliphatic rings. The Morgan fingerprint density at radius 3 is 2.80 bits per heavy atom. The third kappa shape index (κ3) is 1.86. The van der Waals surface area contributed by atoms with Gasteiger partial charge in [0.1, 0.15) is 5.75 Å². The maximum Gasteiger partial charge on any atom is 0.123 e. The predicted molar refractivity (Wildman–Crippen MR) is 62.8 cm³/mol. The Kier molecular flexibility index (Phi) is 2.69. The van der Waals surface area contributed by atoms with Crippen LogP contribution >= 0.6 is 11.8 Å². The topological polar surface area (TPSA) is 29.5 Å². The van der Waals surface area contributed by atoms with Gasteiger partial charge in [-0.1, -0.05) is 6.07 Å². The Hall–Kier alpha value is -0.670. The molecule has 1 heterocycles. The summed E-state index contributed by atoms with van der Waals surface area (Å²) in [6, 6.07) is 6.05. The van der Waals surface area contributed by atoms with Crippen LogP contribution in [0.25, 0.3) is 0 Å². The second-order valence-electron chi connectivity index (χ2n) is 4.39. The van der Waals surface area contributed by atoms with Crippen molar-refractivity contribution >= 4 is 11.8 Å². The molecule has 0 spiro atoms. The van der Waals surface area contributed by atoms with Gasteiger partial charge in [0.05, 0.1) is 12.7 Å². The third-order valence-corrected chi connectivity index (χ3v) is 4.02. The summed E-state index contributed by atoms with van der Waals surface area (Å²) in [7, 11) is 1.68. The number of ether oxygens (including phenoxy) is 1. The minimum atomic E-state index is -0.688. The number of rotatable bonds is 2. The Balaban J connectivity index is 2.48. The molecule has 1 aliphatic heterocycles. The van der Waals surface area contributed by atoms with Crippen LogP contribution in [0.1, 0.15) is 25.3 Å². The first-order valence-corrected chi connectivity index (χ1v) is 6.04. The number of hydrogen-bond donors (Lipinski definition) is 1. The highest BCUT2D eigenvalue weighted by Crippen LogP contribution is 2.48. The first kappa shape index (κ1) is 10.8. The lowest BCUT2D eigenvalue weighted by molar-refractivity contribution is 0.0570. The Labute approximate surface area is 94.6 Å². The van der Waals surface area contributed by atoms with E-state index in [-0.39, 0.29) is 5.92 Å². The van der Waals surface area contributed by atoms with E-state index in [4.69, 9.17) is 4.74 Å². The second-order valence-corrected chi connectivity index (χ2v) is 5.45. The number of thioether (sulfide) groups is 1. The summed E-state index contributed by atoms with van der Waals surface area (Å²) in [6.45, 7) is 3.72. The van der Waals surface area contributed by atoms with Crippen molar-refractivity contribution in [3.63, 3.8) is 0 Å². The van der Waals surface area contributed by atoms with Gasteiger partial charge in [-0.05, 0) is 26.0 Å². The van der Waals surface area contributed by atoms with Crippen LogP contribution < -0.4 is 4.74 Å². The van der Waals surface area contributed by atoms with Gasteiger partial charge in [-0.2, -0.15) is 0 Å². The van der Waals surface area contributed by atoms with Crippen LogP contribution in [0.3, 0.4) is 0 Å². The lowest BCUT2D eigenvalue weighted by atomic mass is 9.86. The van der Waals surface area contributed by atoms with E-state index in [0.29, 0.717) is 0 Å². The highest BCUT2D eigenvalue weighted by Gasteiger charge is 2.36. The highest BCUT2D eigenvalue weighted by atomic mass is 32.2. The predicted octanol–water partition coefficient (Wildman–Crippen LogP) is 2.66. The van der Waals surface area contributed by atoms with Crippen molar-refractivity contribution in [2.24, 2.45) is 0 Å². The van der Waals surface area contributed by atoms with Crippen molar-refractivity contribution in [3.05, 3.63) is 23.8 Å². The molecule has 1 aromatic carbocycles. The van der Waals surface area contributed by atoms with E-state index in [9.17, 15) is 5.11 Å². The van der Waals surface area contributed by atoms with Crippen LogP contribution in [0.15, 0.2) is 23.1 Å². The van der Waals surface area contributed by atoms with Gasteiger partial charge in [-0.3, -0.25) is 0 Å². The fourth-order valence-electron chi connectivity index (χ4n) is 1.98. The lowest BCUT2D eigenvalue weighted by Crippen LogP contribution is -2.29. The van der Waals surface area contributed by atoms with Crippen LogP contribution in [0.5, 0.6) is 5.75 Å². The molecule has 0 aromatic heterocycles. The molecule has 0 saturated carbocycles. The first-order valence-electron chi connectivity index (χ1n) is 5.06. The number of methoxy groups -OCH3 is 1. The minimum absolute atomic E-state index is 0.161. The van der Waals surface area contributed by atoms with Gasteiger partial charge in [0.15, 0.2) is 0 Å². The van der Waals surface area contributed by atoms with Crippen LogP contribution in [-0.2, 0) is 0 Å². The van der Waals surface area contributed by atoms with E-state index in [0.717, 1.165) is 17.1 Å². The minimum Gasteiger partial charge on any atom is -0.496 e. The van der Waals surface area contributed by atoms with Gasteiger partial charge < -0.3 is 9.84 Å². The van der Waals surface area contributed by atoms with Gasteiger partial charge in [-0.25, -0.2) is 0 Å². The molecule has 82 valence electrons. The molecular formula is C12H16O2S. The largest absolute Gasteiger partial charge is 0.496 e.